The molecule has 0 bridgehead atoms. The van der Waals surface area contributed by atoms with E-state index in [-0.39, 0.29) is 18.1 Å². The Kier molecular flexibility index (Phi) is 4.72. The molecule has 1 aliphatic carbocycles. The van der Waals surface area contributed by atoms with Crippen LogP contribution in [0.3, 0.4) is 0 Å². The summed E-state index contributed by atoms with van der Waals surface area (Å²) >= 11 is 0. The van der Waals surface area contributed by atoms with Crippen molar-refractivity contribution in [2.75, 3.05) is 7.11 Å². The molecule has 3 atom stereocenters. The summed E-state index contributed by atoms with van der Waals surface area (Å²) in [6.07, 6.45) is 6.57. The normalized spacial score (nSPS) is 26.8. The lowest BCUT2D eigenvalue weighted by molar-refractivity contribution is 0.116. The average Bonchev–Trinajstić information content (AvgIpc) is 2.70. The first kappa shape index (κ1) is 13.5. The van der Waals surface area contributed by atoms with Gasteiger partial charge in [0.1, 0.15) is 0 Å². The van der Waals surface area contributed by atoms with E-state index in [2.05, 4.69) is 10.1 Å². The lowest BCUT2D eigenvalue weighted by atomic mass is 9.95. The summed E-state index contributed by atoms with van der Waals surface area (Å²) < 4.78 is 10.6. The van der Waals surface area contributed by atoms with E-state index >= 15 is 0 Å². The van der Waals surface area contributed by atoms with Gasteiger partial charge in [0.05, 0.1) is 12.0 Å². The van der Waals surface area contributed by atoms with E-state index in [1.807, 2.05) is 6.92 Å². The highest BCUT2D eigenvalue weighted by Crippen LogP contribution is 2.29. The van der Waals surface area contributed by atoms with Gasteiger partial charge in [-0.2, -0.15) is 4.98 Å². The van der Waals surface area contributed by atoms with Gasteiger partial charge in [-0.15, -0.1) is 0 Å². The third-order valence-corrected chi connectivity index (χ3v) is 3.74. The molecule has 1 aromatic rings. The molecule has 2 rings (SSSR count). The van der Waals surface area contributed by atoms with Crippen LogP contribution in [0.15, 0.2) is 4.52 Å². The summed E-state index contributed by atoms with van der Waals surface area (Å²) in [6.45, 7) is 1.99. The number of ether oxygens (including phenoxy) is 1. The molecule has 1 heterocycles. The van der Waals surface area contributed by atoms with Gasteiger partial charge < -0.3 is 15.0 Å². The van der Waals surface area contributed by atoms with Gasteiger partial charge >= 0.3 is 0 Å². The summed E-state index contributed by atoms with van der Waals surface area (Å²) in [5.74, 6) is 1.66. The highest BCUT2D eigenvalue weighted by Gasteiger charge is 2.27. The van der Waals surface area contributed by atoms with Gasteiger partial charge in [0.25, 0.3) is 0 Å². The first-order chi connectivity index (χ1) is 8.70. The van der Waals surface area contributed by atoms with Gasteiger partial charge in [-0.05, 0) is 19.8 Å². The Morgan fingerprint density at radius 2 is 2.17 bits per heavy atom. The fraction of sp³-hybridized carbons (Fsp3) is 0.846. The Labute approximate surface area is 108 Å². The molecule has 3 unspecified atom stereocenters. The van der Waals surface area contributed by atoms with Crippen LogP contribution in [0.4, 0.5) is 0 Å². The van der Waals surface area contributed by atoms with Gasteiger partial charge in [0.15, 0.2) is 5.82 Å². The Morgan fingerprint density at radius 3 is 2.94 bits per heavy atom. The standard InChI is InChI=1S/C13H23N3O2/c1-9(17-2)8-12-15-13(18-16-12)10-6-4-3-5-7-11(10)14/h9-11H,3-8,14H2,1-2H3. The maximum absolute atomic E-state index is 6.20. The van der Waals surface area contributed by atoms with E-state index in [0.29, 0.717) is 12.3 Å². The van der Waals surface area contributed by atoms with Crippen LogP contribution in [-0.2, 0) is 11.2 Å². The number of aromatic nitrogens is 2. The SMILES string of the molecule is COC(C)Cc1noc(C2CCCCCC2N)n1. The highest BCUT2D eigenvalue weighted by molar-refractivity contribution is 5.00. The first-order valence-electron chi connectivity index (χ1n) is 6.81. The van der Waals surface area contributed by atoms with Crippen LogP contribution in [0.25, 0.3) is 0 Å². The fourth-order valence-electron chi connectivity index (χ4n) is 2.48. The second-order valence-corrected chi connectivity index (χ2v) is 5.21. The summed E-state index contributed by atoms with van der Waals surface area (Å²) in [4.78, 5) is 4.48. The molecule has 1 saturated carbocycles. The molecular weight excluding hydrogens is 230 g/mol. The summed E-state index contributed by atoms with van der Waals surface area (Å²) in [6, 6.07) is 0.153. The van der Waals surface area contributed by atoms with E-state index in [4.69, 9.17) is 15.0 Å². The van der Waals surface area contributed by atoms with E-state index in [0.717, 1.165) is 18.7 Å². The molecule has 0 saturated heterocycles. The van der Waals surface area contributed by atoms with Crippen LogP contribution in [0, 0.1) is 0 Å². The minimum Gasteiger partial charge on any atom is -0.381 e. The van der Waals surface area contributed by atoms with Crippen molar-refractivity contribution >= 4 is 0 Å². The van der Waals surface area contributed by atoms with E-state index in [9.17, 15) is 0 Å². The van der Waals surface area contributed by atoms with Crippen molar-refractivity contribution in [1.29, 1.82) is 0 Å². The van der Waals surface area contributed by atoms with Crippen molar-refractivity contribution < 1.29 is 9.26 Å². The molecule has 0 aromatic carbocycles. The summed E-state index contributed by atoms with van der Waals surface area (Å²) in [5.41, 5.74) is 6.20. The van der Waals surface area contributed by atoms with Crippen molar-refractivity contribution in [2.45, 2.75) is 63.5 Å². The third kappa shape index (κ3) is 3.29. The summed E-state index contributed by atoms with van der Waals surface area (Å²) in [7, 11) is 1.69. The fourth-order valence-corrected chi connectivity index (χ4v) is 2.48. The molecule has 0 aliphatic heterocycles. The predicted molar refractivity (Wildman–Crippen MR) is 68.3 cm³/mol. The van der Waals surface area contributed by atoms with Crippen LogP contribution in [0.5, 0.6) is 0 Å². The predicted octanol–water partition coefficient (Wildman–Crippen LogP) is 2.02. The number of nitrogens with zero attached hydrogens (tertiary/aromatic N) is 2. The molecule has 0 spiro atoms. The number of rotatable bonds is 4. The van der Waals surface area contributed by atoms with E-state index in [1.165, 1.54) is 19.3 Å². The zero-order valence-corrected chi connectivity index (χ0v) is 11.3. The van der Waals surface area contributed by atoms with Crippen LogP contribution in [0.2, 0.25) is 0 Å². The van der Waals surface area contributed by atoms with E-state index in [1.54, 1.807) is 7.11 Å². The Bertz CT molecular complexity index is 367. The largest absolute Gasteiger partial charge is 0.381 e. The number of hydrogen-bond acceptors (Lipinski definition) is 5. The van der Waals surface area contributed by atoms with Crippen molar-refractivity contribution in [3.63, 3.8) is 0 Å². The second-order valence-electron chi connectivity index (χ2n) is 5.21. The van der Waals surface area contributed by atoms with Gasteiger partial charge in [-0.3, -0.25) is 0 Å². The summed E-state index contributed by atoms with van der Waals surface area (Å²) in [5, 5.41) is 4.02. The molecule has 1 aliphatic rings. The number of methoxy groups -OCH3 is 1. The molecule has 2 N–H and O–H groups in total. The minimum absolute atomic E-state index is 0.109. The first-order valence-corrected chi connectivity index (χ1v) is 6.81. The minimum atomic E-state index is 0.109. The zero-order chi connectivity index (χ0) is 13.0. The van der Waals surface area contributed by atoms with Crippen molar-refractivity contribution in [3.05, 3.63) is 11.7 Å². The van der Waals surface area contributed by atoms with Crippen LogP contribution < -0.4 is 5.73 Å². The molecular formula is C13H23N3O2. The molecule has 0 amide bonds. The smallest absolute Gasteiger partial charge is 0.231 e. The van der Waals surface area contributed by atoms with Gasteiger partial charge in [0, 0.05) is 19.6 Å². The lowest BCUT2D eigenvalue weighted by Crippen LogP contribution is -2.27. The third-order valence-electron chi connectivity index (χ3n) is 3.74. The number of nitrogens with two attached hydrogens (primary N) is 1. The average molecular weight is 253 g/mol. The molecule has 1 fully saturated rings. The Balaban J connectivity index is 2.03. The topological polar surface area (TPSA) is 74.2 Å². The zero-order valence-electron chi connectivity index (χ0n) is 11.3. The van der Waals surface area contributed by atoms with Crippen molar-refractivity contribution in [3.8, 4) is 0 Å². The Morgan fingerprint density at radius 1 is 1.39 bits per heavy atom. The highest BCUT2D eigenvalue weighted by atomic mass is 16.5. The monoisotopic (exact) mass is 253 g/mol. The van der Waals surface area contributed by atoms with Crippen molar-refractivity contribution in [1.82, 2.24) is 10.1 Å². The van der Waals surface area contributed by atoms with Gasteiger partial charge in [0.2, 0.25) is 5.89 Å². The lowest BCUT2D eigenvalue weighted by Gasteiger charge is -2.16. The van der Waals surface area contributed by atoms with E-state index < -0.39 is 0 Å². The second kappa shape index (κ2) is 6.29. The molecule has 5 heteroatoms. The van der Waals surface area contributed by atoms with Crippen LogP contribution in [-0.4, -0.2) is 29.4 Å². The number of hydrogen-bond donors (Lipinski definition) is 1. The quantitative estimate of drug-likeness (QED) is 0.831. The maximum Gasteiger partial charge on any atom is 0.231 e. The molecule has 0 radical (unpaired) electrons. The molecule has 102 valence electrons. The molecule has 18 heavy (non-hydrogen) atoms. The van der Waals surface area contributed by atoms with Crippen LogP contribution >= 0.6 is 0 Å². The maximum atomic E-state index is 6.20. The molecule has 5 nitrogen and oxygen atoms in total. The van der Waals surface area contributed by atoms with Gasteiger partial charge in [-0.1, -0.05) is 24.4 Å². The Hall–Kier alpha value is -0.940. The van der Waals surface area contributed by atoms with Gasteiger partial charge in [-0.25, -0.2) is 0 Å². The molecule has 1 aromatic heterocycles. The van der Waals surface area contributed by atoms with Crippen LogP contribution in [0.1, 0.15) is 56.7 Å². The van der Waals surface area contributed by atoms with Crippen molar-refractivity contribution in [2.24, 2.45) is 5.73 Å².